The molecule has 2 aliphatic rings. The van der Waals surface area contributed by atoms with Crippen molar-refractivity contribution in [2.75, 3.05) is 101 Å². The molecule has 469 valence electrons. The number of amides is 2. The quantitative estimate of drug-likeness (QED) is 0.0327. The molecule has 1 atom stereocenters. The van der Waals surface area contributed by atoms with E-state index in [1.165, 1.54) is 80.8 Å². The van der Waals surface area contributed by atoms with Crippen LogP contribution < -0.4 is 82.2 Å². The minimum atomic E-state index is -4.91. The number of fused-ring (bicyclic) bond motifs is 2. The summed E-state index contributed by atoms with van der Waals surface area (Å²) in [4.78, 5) is 80.5. The van der Waals surface area contributed by atoms with Crippen molar-refractivity contribution in [3.05, 3.63) is 72.6 Å². The first-order valence-electron chi connectivity index (χ1n) is 24.4. The fraction of sp³-hybridized carbons (Fsp3) is 0.333. The number of methoxy groups -OCH3 is 6. The van der Waals surface area contributed by atoms with Gasteiger partial charge >= 0.3 is 65.9 Å². The second-order valence-corrected chi connectivity index (χ2v) is 37.0. The Bertz CT molecular complexity index is 3210. The number of hydrogen-bond acceptors (Lipinski definition) is 24. The number of alkyl halides is 1. The Morgan fingerprint density at radius 1 is 0.628 bits per heavy atom. The Kier molecular flexibility index (Phi) is 26.4. The fourth-order valence-corrected chi connectivity index (χ4v) is 8.01. The van der Waals surface area contributed by atoms with E-state index in [4.69, 9.17) is 53.6 Å². The molecule has 86 heavy (non-hydrogen) atoms. The number of pyridine rings is 2. The van der Waals surface area contributed by atoms with Crippen LogP contribution in [0.4, 0.5) is 71.3 Å². The molecule has 7 N–H and O–H groups in total. The van der Waals surface area contributed by atoms with Crippen molar-refractivity contribution in [3.63, 3.8) is 0 Å². The molecular formula is C48H57F3I3N12O17P2V-. The van der Waals surface area contributed by atoms with Crippen molar-refractivity contribution in [2.45, 2.75) is 38.9 Å². The first-order valence-corrected chi connectivity index (χ1v) is 39.8. The average molecular weight is 1630 g/mol. The number of hydrogen-bond donors (Lipinski definition) is 7. The van der Waals surface area contributed by atoms with E-state index >= 15 is 0 Å². The molecule has 0 saturated carbocycles. The van der Waals surface area contributed by atoms with Gasteiger partial charge in [-0.15, -0.1) is 0 Å². The second kappa shape index (κ2) is 32.0. The summed E-state index contributed by atoms with van der Waals surface area (Å²) in [5, 5.41) is 11.3. The number of nitrogens with zero attached hydrogens (tertiary/aromatic N) is 8. The predicted octanol–water partition coefficient (Wildman–Crippen LogP) is 6.27. The topological polar surface area (TPSA) is 353 Å². The van der Waals surface area contributed by atoms with Crippen LogP contribution in [0.15, 0.2) is 60.9 Å². The van der Waals surface area contributed by atoms with Gasteiger partial charge in [0, 0.05) is 60.9 Å². The number of carbonyl (C=O) groups is 2. The van der Waals surface area contributed by atoms with Gasteiger partial charge in [0.2, 0.25) is 23.4 Å². The van der Waals surface area contributed by atoms with Crippen LogP contribution in [0.1, 0.15) is 29.1 Å². The van der Waals surface area contributed by atoms with Gasteiger partial charge in [0.1, 0.15) is 25.1 Å². The number of phosphoric ester groups is 1. The normalized spacial score (nSPS) is 14.2. The van der Waals surface area contributed by atoms with Crippen molar-refractivity contribution < 1.29 is 127 Å². The number of carbonyl (C=O) groups excluding carboxylic acids is 2. The third-order valence-electron chi connectivity index (χ3n) is 11.0. The van der Waals surface area contributed by atoms with E-state index in [9.17, 15) is 36.8 Å². The van der Waals surface area contributed by atoms with Gasteiger partial charge in [0.15, 0.2) is 80.6 Å². The summed E-state index contributed by atoms with van der Waals surface area (Å²) in [7, 11) is -1.01. The molecule has 0 bridgehead atoms. The molecule has 2 aliphatic heterocycles. The van der Waals surface area contributed by atoms with Gasteiger partial charge in [-0.2, -0.15) is 9.97 Å². The molecule has 0 aliphatic carbocycles. The molecule has 4 aromatic heterocycles. The number of rotatable bonds is 20. The van der Waals surface area contributed by atoms with Crippen molar-refractivity contribution in [2.24, 2.45) is 0 Å². The van der Waals surface area contributed by atoms with Gasteiger partial charge in [-0.1, -0.05) is 0 Å². The third kappa shape index (κ3) is 19.1. The SMILES string of the molecule is COc1cc(Nc2ncc(F)c(Nc3ccc4c(n3)N(COP(=O)(O)O)C(=O)C(C)(C)O4)n2)cc(OC)c1OC.COc1cc(Nc2ncc(F)c(Nc3ccc4c(n3)N(COP(C)(=O)O)C(=O)C(C)(C)O4)n2)cc(OC)c1OC.I[I-]I.[2H]CF.[V]. The minimum absolute atomic E-state index is 0. The van der Waals surface area contributed by atoms with Crippen LogP contribution >= 0.6 is 52.7 Å². The zero-order chi connectivity index (χ0) is 63.9. The van der Waals surface area contributed by atoms with Gasteiger partial charge in [0.25, 0.3) is 11.8 Å². The Hall–Kier alpha value is -5.74. The van der Waals surface area contributed by atoms with E-state index in [1.807, 2.05) is 0 Å². The fourth-order valence-electron chi connectivity index (χ4n) is 7.41. The largest absolute Gasteiger partial charge is 0.255 e. The molecule has 6 aromatic rings. The van der Waals surface area contributed by atoms with Gasteiger partial charge in [-0.3, -0.25) is 37.4 Å². The number of halogens is 6. The molecule has 6 heterocycles. The molecule has 2 amide bonds. The smallest absolute Gasteiger partial charge is 0.0785 e. The van der Waals surface area contributed by atoms with E-state index in [-0.39, 0.29) is 76.9 Å². The van der Waals surface area contributed by atoms with Crippen molar-refractivity contribution >= 4 is 123 Å². The monoisotopic (exact) mass is 1630 g/mol. The molecule has 1 radical (unpaired) electrons. The number of phosphoric acid groups is 1. The standard InChI is InChI=1S/C24H28FN6O8P.C23H26FN6O9P.CH3F.I3.V/c1-24(2)22(32)31(12-38-40(6,33)34)21-15(39-24)7-8-18(29-21)28-20-14(25)11-26-23(30-20)27-13-9-16(35-3)19(37-5)17(10-13)36-4;1-23(2)21(31)30(11-38-40(32,33)34)20-14(39-23)6-7-17(28-20)27-19-13(24)10-25-22(29-19)26-12-8-15(35-3)18(37-5)16(9-12)36-4;1-2;1-3-2;/h7-11H,12H2,1-6H3,(H,33,34)(H2,26,27,28,29,30);6-10H,11H2,1-5H3,(H2,32,33,34)(H2,25,26,27,28,29);1H3;;/q;;;-1;/i;;1D;;. The van der Waals surface area contributed by atoms with Crippen molar-refractivity contribution in [3.8, 4) is 46.0 Å². The van der Waals surface area contributed by atoms with Crippen LogP contribution in [0.3, 0.4) is 0 Å². The van der Waals surface area contributed by atoms with Gasteiger partial charge in [-0.05, 0) is 52.0 Å². The zero-order valence-electron chi connectivity index (χ0n) is 48.1. The summed E-state index contributed by atoms with van der Waals surface area (Å²) in [5.41, 5.74) is -1.72. The van der Waals surface area contributed by atoms with E-state index in [0.717, 1.165) is 28.9 Å². The third-order valence-corrected chi connectivity index (χ3v) is 12.1. The van der Waals surface area contributed by atoms with Crippen LogP contribution in [0.2, 0.25) is 0 Å². The molecule has 38 heteroatoms. The average Bonchev–Trinajstić information content (AvgIpc) is 0.951. The van der Waals surface area contributed by atoms with Crippen LogP contribution in [0.25, 0.3) is 0 Å². The first kappa shape index (κ1) is 71.0. The maximum atomic E-state index is 14.7. The van der Waals surface area contributed by atoms with Crippen LogP contribution in [-0.2, 0) is 46.3 Å². The van der Waals surface area contributed by atoms with Crippen LogP contribution in [-0.4, -0.2) is 138 Å². The van der Waals surface area contributed by atoms with E-state index in [0.29, 0.717) is 59.1 Å². The maximum Gasteiger partial charge on any atom is 0.0785 e. The number of ether oxygens (including phenoxy) is 8. The molecule has 1 unspecified atom stereocenters. The summed E-state index contributed by atoms with van der Waals surface area (Å²) in [5.74, 6) is -0.588. The maximum absolute atomic E-state index is 14.7. The number of anilines is 10. The number of aromatic nitrogens is 6. The Labute approximate surface area is 533 Å². The van der Waals surface area contributed by atoms with Gasteiger partial charge < -0.3 is 73.8 Å². The Morgan fingerprint density at radius 2 is 0.965 bits per heavy atom. The van der Waals surface area contributed by atoms with Crippen LogP contribution in [0.5, 0.6) is 46.0 Å². The summed E-state index contributed by atoms with van der Waals surface area (Å²) in [6.07, 6.45) is 1.90. The summed E-state index contributed by atoms with van der Waals surface area (Å²) < 4.78 is 121. The second-order valence-electron chi connectivity index (χ2n) is 17.7. The predicted molar refractivity (Wildman–Crippen MR) is 317 cm³/mol. The minimum Gasteiger partial charge on any atom is -0.255 e. The van der Waals surface area contributed by atoms with E-state index in [2.05, 4.69) is 92.9 Å². The molecular weight excluding hydrogens is 1570 g/mol. The number of benzene rings is 2. The zero-order valence-corrected chi connectivity index (χ0v) is 56.8. The van der Waals surface area contributed by atoms with E-state index in [1.54, 1.807) is 38.1 Å². The molecule has 0 spiro atoms. The molecule has 0 fully saturated rings. The summed E-state index contributed by atoms with van der Waals surface area (Å²) in [6.45, 7) is 5.69. The first-order chi connectivity index (χ1) is 40.5. The Balaban J connectivity index is 0.000000338. The van der Waals surface area contributed by atoms with Crippen molar-refractivity contribution in [1.82, 2.24) is 29.9 Å². The van der Waals surface area contributed by atoms with E-state index < -0.39 is 70.7 Å². The summed E-state index contributed by atoms with van der Waals surface area (Å²) >= 11 is 5.30. The summed E-state index contributed by atoms with van der Waals surface area (Å²) in [6, 6.07) is 12.4. The van der Waals surface area contributed by atoms with Gasteiger partial charge in [-0.25, -0.2) is 33.3 Å². The number of nitrogens with one attached hydrogen (secondary N) is 4. The van der Waals surface area contributed by atoms with Crippen LogP contribution in [0, 0.1) is 11.6 Å². The molecule has 0 saturated heterocycles. The molecule has 8 rings (SSSR count). The Morgan fingerprint density at radius 3 is 1.27 bits per heavy atom. The van der Waals surface area contributed by atoms with Crippen molar-refractivity contribution in [1.29, 1.82) is 0 Å². The van der Waals surface area contributed by atoms with Gasteiger partial charge in [0.05, 0.1) is 63.6 Å². The molecule has 29 nitrogen and oxygen atoms in total. The molecule has 2 aromatic carbocycles.